The number of nitrogens with one attached hydrogen (secondary N) is 3. The van der Waals surface area contributed by atoms with Gasteiger partial charge in [0.1, 0.15) is 6.04 Å². The van der Waals surface area contributed by atoms with Crippen molar-refractivity contribution < 1.29 is 23.9 Å². The number of carbonyl (C=O) groups excluding carboxylic acids is 4. The van der Waals surface area contributed by atoms with Crippen molar-refractivity contribution in [3.8, 4) is 0 Å². The number of rotatable bonds is 6. The first-order valence-electron chi connectivity index (χ1n) is 7.14. The van der Waals surface area contributed by atoms with Gasteiger partial charge in [0.05, 0.1) is 0 Å². The predicted octanol–water partition coefficient (Wildman–Crippen LogP) is 0.847. The minimum absolute atomic E-state index is 0.327. The van der Waals surface area contributed by atoms with Crippen LogP contribution in [0.1, 0.15) is 24.2 Å². The molecule has 130 valence electrons. The number of benzene rings is 1. The highest BCUT2D eigenvalue weighted by atomic mass is 35.5. The number of hydrogen-bond acceptors (Lipinski definition) is 5. The fraction of sp³-hybridized carbons (Fsp3) is 0.333. The minimum Gasteiger partial charge on any atom is -0.454 e. The molecule has 0 bridgehead atoms. The highest BCUT2D eigenvalue weighted by Gasteiger charge is 2.19. The van der Waals surface area contributed by atoms with Crippen LogP contribution in [-0.2, 0) is 14.3 Å². The van der Waals surface area contributed by atoms with Crippen molar-refractivity contribution in [1.82, 2.24) is 16.0 Å². The third-order valence-electron chi connectivity index (χ3n) is 2.74. The van der Waals surface area contributed by atoms with E-state index in [2.05, 4.69) is 10.6 Å². The topological polar surface area (TPSA) is 114 Å². The summed E-state index contributed by atoms with van der Waals surface area (Å²) in [6, 6.07) is 4.47. The van der Waals surface area contributed by atoms with E-state index in [9.17, 15) is 19.2 Å². The van der Waals surface area contributed by atoms with Gasteiger partial charge in [0, 0.05) is 17.1 Å². The summed E-state index contributed by atoms with van der Waals surface area (Å²) in [6.45, 7) is 2.83. The molecule has 0 aliphatic rings. The van der Waals surface area contributed by atoms with E-state index in [1.165, 1.54) is 19.1 Å². The number of halogens is 1. The zero-order valence-corrected chi connectivity index (χ0v) is 14.0. The SMILES string of the molecule is CCNC(=O)NC(=O)COC(=O)[C@H](C)NC(=O)c1ccc(Cl)cc1. The second kappa shape index (κ2) is 9.51. The molecule has 1 atom stereocenters. The molecular formula is C15H18ClN3O5. The van der Waals surface area contributed by atoms with Crippen LogP contribution in [0.5, 0.6) is 0 Å². The Hall–Kier alpha value is -2.61. The van der Waals surface area contributed by atoms with Gasteiger partial charge in [-0.25, -0.2) is 9.59 Å². The van der Waals surface area contributed by atoms with Gasteiger partial charge in [-0.2, -0.15) is 0 Å². The Balaban J connectivity index is 2.41. The van der Waals surface area contributed by atoms with E-state index in [0.29, 0.717) is 17.1 Å². The normalized spacial score (nSPS) is 11.1. The van der Waals surface area contributed by atoms with Gasteiger partial charge in [-0.15, -0.1) is 0 Å². The van der Waals surface area contributed by atoms with E-state index in [1.807, 2.05) is 5.32 Å². The van der Waals surface area contributed by atoms with Crippen molar-refractivity contribution in [2.45, 2.75) is 19.9 Å². The Labute approximate surface area is 143 Å². The van der Waals surface area contributed by atoms with E-state index < -0.39 is 36.5 Å². The van der Waals surface area contributed by atoms with Crippen LogP contribution in [0, 0.1) is 0 Å². The Morgan fingerprint density at radius 2 is 1.79 bits per heavy atom. The molecule has 1 aromatic carbocycles. The first-order chi connectivity index (χ1) is 11.3. The number of esters is 1. The zero-order valence-electron chi connectivity index (χ0n) is 13.2. The van der Waals surface area contributed by atoms with Crippen LogP contribution < -0.4 is 16.0 Å². The second-order valence-corrected chi connectivity index (χ2v) is 5.15. The molecule has 0 heterocycles. The van der Waals surface area contributed by atoms with Gasteiger partial charge in [-0.1, -0.05) is 11.6 Å². The van der Waals surface area contributed by atoms with Crippen molar-refractivity contribution in [2.24, 2.45) is 0 Å². The van der Waals surface area contributed by atoms with E-state index in [1.54, 1.807) is 19.1 Å². The molecule has 3 N–H and O–H groups in total. The lowest BCUT2D eigenvalue weighted by atomic mass is 10.2. The fourth-order valence-corrected chi connectivity index (χ4v) is 1.70. The van der Waals surface area contributed by atoms with Gasteiger partial charge >= 0.3 is 12.0 Å². The van der Waals surface area contributed by atoms with Gasteiger partial charge in [-0.05, 0) is 38.1 Å². The standard InChI is InChI=1S/C15H18ClN3O5/c1-3-17-15(23)19-12(20)8-24-14(22)9(2)18-13(21)10-4-6-11(16)7-5-10/h4-7,9H,3,8H2,1-2H3,(H,18,21)(H2,17,19,20,23)/t9-/m0/s1. The van der Waals surface area contributed by atoms with Crippen LogP contribution in [0.3, 0.4) is 0 Å². The number of urea groups is 1. The molecule has 0 aliphatic carbocycles. The van der Waals surface area contributed by atoms with Crippen molar-refractivity contribution in [3.63, 3.8) is 0 Å². The summed E-state index contributed by atoms with van der Waals surface area (Å²) in [5, 5.41) is 7.25. The lowest BCUT2D eigenvalue weighted by molar-refractivity contribution is -0.149. The summed E-state index contributed by atoms with van der Waals surface area (Å²) in [5.74, 6) is -2.06. The maximum Gasteiger partial charge on any atom is 0.328 e. The highest BCUT2D eigenvalue weighted by molar-refractivity contribution is 6.30. The van der Waals surface area contributed by atoms with Gasteiger partial charge in [0.2, 0.25) is 0 Å². The van der Waals surface area contributed by atoms with Crippen LogP contribution in [0.4, 0.5) is 4.79 Å². The summed E-state index contributed by atoms with van der Waals surface area (Å²) in [4.78, 5) is 46.2. The molecule has 0 aromatic heterocycles. The molecule has 1 aromatic rings. The number of amides is 4. The molecule has 0 radical (unpaired) electrons. The number of ether oxygens (including phenoxy) is 1. The number of carbonyl (C=O) groups is 4. The Bertz CT molecular complexity index is 618. The van der Waals surface area contributed by atoms with E-state index in [4.69, 9.17) is 16.3 Å². The maximum atomic E-state index is 11.9. The van der Waals surface area contributed by atoms with Crippen LogP contribution in [0.2, 0.25) is 5.02 Å². The lowest BCUT2D eigenvalue weighted by Gasteiger charge is -2.13. The highest BCUT2D eigenvalue weighted by Crippen LogP contribution is 2.09. The maximum absolute atomic E-state index is 11.9. The molecule has 0 spiro atoms. The monoisotopic (exact) mass is 355 g/mol. The van der Waals surface area contributed by atoms with E-state index >= 15 is 0 Å². The van der Waals surface area contributed by atoms with Crippen molar-refractivity contribution in [2.75, 3.05) is 13.2 Å². The molecule has 0 aliphatic heterocycles. The first kappa shape index (κ1) is 19.4. The van der Waals surface area contributed by atoms with Gasteiger partial charge in [0.25, 0.3) is 11.8 Å². The molecule has 9 heteroatoms. The Kier molecular flexibility index (Phi) is 7.70. The first-order valence-corrected chi connectivity index (χ1v) is 7.52. The summed E-state index contributed by atoms with van der Waals surface area (Å²) < 4.78 is 4.73. The molecule has 0 fully saturated rings. The van der Waals surface area contributed by atoms with Crippen LogP contribution in [0.25, 0.3) is 0 Å². The van der Waals surface area contributed by atoms with Crippen molar-refractivity contribution in [3.05, 3.63) is 34.9 Å². The molecule has 0 saturated heterocycles. The van der Waals surface area contributed by atoms with Crippen LogP contribution >= 0.6 is 11.6 Å². The van der Waals surface area contributed by atoms with E-state index in [0.717, 1.165) is 0 Å². The number of hydrogen-bond donors (Lipinski definition) is 3. The predicted molar refractivity (Wildman–Crippen MR) is 86.6 cm³/mol. The molecule has 4 amide bonds. The van der Waals surface area contributed by atoms with E-state index in [-0.39, 0.29) is 0 Å². The largest absolute Gasteiger partial charge is 0.454 e. The third kappa shape index (κ3) is 6.66. The van der Waals surface area contributed by atoms with Crippen molar-refractivity contribution >= 4 is 35.4 Å². The van der Waals surface area contributed by atoms with Gasteiger partial charge < -0.3 is 15.4 Å². The molecule has 8 nitrogen and oxygen atoms in total. The smallest absolute Gasteiger partial charge is 0.328 e. The summed E-state index contributed by atoms with van der Waals surface area (Å²) in [6.07, 6.45) is 0. The molecule has 0 saturated carbocycles. The van der Waals surface area contributed by atoms with Gasteiger partial charge in [0.15, 0.2) is 6.61 Å². The van der Waals surface area contributed by atoms with Gasteiger partial charge in [-0.3, -0.25) is 14.9 Å². The second-order valence-electron chi connectivity index (χ2n) is 4.72. The van der Waals surface area contributed by atoms with Crippen molar-refractivity contribution in [1.29, 1.82) is 0 Å². The zero-order chi connectivity index (χ0) is 18.1. The minimum atomic E-state index is -0.967. The summed E-state index contributed by atoms with van der Waals surface area (Å²) in [5.41, 5.74) is 0.327. The van der Waals surface area contributed by atoms with Crippen LogP contribution in [0.15, 0.2) is 24.3 Å². The molecule has 0 unspecified atom stereocenters. The molecule has 1 rings (SSSR count). The quantitative estimate of drug-likeness (QED) is 0.654. The third-order valence-corrected chi connectivity index (χ3v) is 3.00. The fourth-order valence-electron chi connectivity index (χ4n) is 1.57. The molecule has 24 heavy (non-hydrogen) atoms. The number of imide groups is 1. The Morgan fingerprint density at radius 3 is 2.38 bits per heavy atom. The summed E-state index contributed by atoms with van der Waals surface area (Å²) in [7, 11) is 0. The molecular weight excluding hydrogens is 338 g/mol. The summed E-state index contributed by atoms with van der Waals surface area (Å²) >= 11 is 5.73. The average molecular weight is 356 g/mol. The Morgan fingerprint density at radius 1 is 1.17 bits per heavy atom. The van der Waals surface area contributed by atoms with Crippen LogP contribution in [-0.4, -0.2) is 43.0 Å². The average Bonchev–Trinajstić information content (AvgIpc) is 2.53. The lowest BCUT2D eigenvalue weighted by Crippen LogP contribution is -2.43.